The number of carbonyl (C=O) groups is 2. The van der Waals surface area contributed by atoms with Gasteiger partial charge in [0.2, 0.25) is 5.91 Å². The molecule has 0 unspecified atom stereocenters. The number of rotatable bonds is 6. The summed E-state index contributed by atoms with van der Waals surface area (Å²) in [4.78, 5) is 24.1. The van der Waals surface area contributed by atoms with E-state index in [9.17, 15) is 14.7 Å². The van der Waals surface area contributed by atoms with Crippen LogP contribution in [-0.4, -0.2) is 29.7 Å². The van der Waals surface area contributed by atoms with Crippen molar-refractivity contribution in [3.63, 3.8) is 0 Å². The van der Waals surface area contributed by atoms with E-state index in [0.29, 0.717) is 22.7 Å². The number of hydrazone groups is 1. The summed E-state index contributed by atoms with van der Waals surface area (Å²) in [5.41, 5.74) is 4.13. The monoisotopic (exact) mass is 355 g/mol. The fourth-order valence-electron chi connectivity index (χ4n) is 2.20. The number of anilines is 1. The number of carbonyl (C=O) groups excluding carboxylic acids is 2. The van der Waals surface area contributed by atoms with Crippen LogP contribution in [0.25, 0.3) is 0 Å². The highest BCUT2D eigenvalue weighted by atomic mass is 16.5. The number of aryl methyl sites for hydroxylation is 1. The van der Waals surface area contributed by atoms with Crippen LogP contribution in [0.1, 0.15) is 29.3 Å². The smallest absolute Gasteiger partial charge is 0.275 e. The van der Waals surface area contributed by atoms with Crippen molar-refractivity contribution in [1.82, 2.24) is 5.43 Å². The lowest BCUT2D eigenvalue weighted by Crippen LogP contribution is -2.21. The molecule has 0 spiro atoms. The molecule has 3 N–H and O–H groups in total. The fraction of sp³-hybridized carbons (Fsp3) is 0.211. The van der Waals surface area contributed by atoms with Gasteiger partial charge in [-0.25, -0.2) is 5.43 Å². The predicted molar refractivity (Wildman–Crippen MR) is 99.7 cm³/mol. The SMILES string of the molecule is COc1ccc(NC(=O)CC(C)=NNC(=O)c2cccc(C)c2O)cc1. The number of para-hydroxylation sites is 1. The number of nitrogens with one attached hydrogen (secondary N) is 2. The van der Waals surface area contributed by atoms with E-state index in [4.69, 9.17) is 4.74 Å². The van der Waals surface area contributed by atoms with Crippen molar-refractivity contribution in [2.75, 3.05) is 12.4 Å². The Morgan fingerprint density at radius 1 is 1.15 bits per heavy atom. The van der Waals surface area contributed by atoms with Crippen molar-refractivity contribution in [3.05, 3.63) is 53.6 Å². The number of hydrogen-bond acceptors (Lipinski definition) is 5. The molecule has 0 heterocycles. The van der Waals surface area contributed by atoms with E-state index in [1.807, 2.05) is 0 Å². The maximum Gasteiger partial charge on any atom is 0.275 e. The normalized spacial score (nSPS) is 11.0. The van der Waals surface area contributed by atoms with Gasteiger partial charge in [0.15, 0.2) is 0 Å². The standard InChI is InChI=1S/C19H21N3O4/c1-12-5-4-6-16(18(12)24)19(25)22-21-13(2)11-17(23)20-14-7-9-15(26-3)10-8-14/h4-10,24H,11H2,1-3H3,(H,20,23)(H,22,25). The second-order valence-electron chi connectivity index (χ2n) is 5.71. The average Bonchev–Trinajstić information content (AvgIpc) is 2.62. The summed E-state index contributed by atoms with van der Waals surface area (Å²) in [7, 11) is 1.57. The maximum absolute atomic E-state index is 12.1. The topological polar surface area (TPSA) is 100 Å². The van der Waals surface area contributed by atoms with Gasteiger partial charge in [0.05, 0.1) is 19.1 Å². The molecule has 0 aliphatic carbocycles. The molecular formula is C19H21N3O4. The van der Waals surface area contributed by atoms with Gasteiger partial charge in [-0.15, -0.1) is 0 Å². The second-order valence-corrected chi connectivity index (χ2v) is 5.71. The summed E-state index contributed by atoms with van der Waals surface area (Å²) in [6.45, 7) is 3.33. The highest BCUT2D eigenvalue weighted by Gasteiger charge is 2.12. The number of ether oxygens (including phenoxy) is 1. The molecule has 0 atom stereocenters. The van der Waals surface area contributed by atoms with E-state index in [-0.39, 0.29) is 23.6 Å². The zero-order valence-electron chi connectivity index (χ0n) is 14.9. The van der Waals surface area contributed by atoms with Crippen LogP contribution in [0.2, 0.25) is 0 Å². The first-order chi connectivity index (χ1) is 12.4. The van der Waals surface area contributed by atoms with Crippen molar-refractivity contribution < 1.29 is 19.4 Å². The van der Waals surface area contributed by atoms with Gasteiger partial charge in [0.1, 0.15) is 11.5 Å². The number of hydrogen-bond donors (Lipinski definition) is 3. The molecule has 0 saturated carbocycles. The summed E-state index contributed by atoms with van der Waals surface area (Å²) >= 11 is 0. The minimum Gasteiger partial charge on any atom is -0.507 e. The van der Waals surface area contributed by atoms with Crippen molar-refractivity contribution in [3.8, 4) is 11.5 Å². The minimum atomic E-state index is -0.541. The Bertz CT molecular complexity index is 829. The van der Waals surface area contributed by atoms with E-state index in [1.54, 1.807) is 57.4 Å². The molecule has 0 aliphatic heterocycles. The van der Waals surface area contributed by atoms with E-state index in [2.05, 4.69) is 15.8 Å². The second kappa shape index (κ2) is 8.66. The van der Waals surface area contributed by atoms with Gasteiger partial charge < -0.3 is 15.2 Å². The van der Waals surface area contributed by atoms with Gasteiger partial charge in [-0.2, -0.15) is 5.10 Å². The molecule has 2 rings (SSSR count). The molecular weight excluding hydrogens is 334 g/mol. The maximum atomic E-state index is 12.1. The first kappa shape index (κ1) is 19.0. The Balaban J connectivity index is 1.91. The largest absolute Gasteiger partial charge is 0.507 e. The molecule has 136 valence electrons. The van der Waals surface area contributed by atoms with E-state index in [0.717, 1.165) is 0 Å². The van der Waals surface area contributed by atoms with Crippen LogP contribution in [0.5, 0.6) is 11.5 Å². The third kappa shape index (κ3) is 5.07. The van der Waals surface area contributed by atoms with Crippen molar-refractivity contribution in [2.45, 2.75) is 20.3 Å². The molecule has 0 saturated heterocycles. The van der Waals surface area contributed by atoms with Crippen LogP contribution in [0.4, 0.5) is 5.69 Å². The zero-order chi connectivity index (χ0) is 19.1. The highest BCUT2D eigenvalue weighted by Crippen LogP contribution is 2.21. The van der Waals surface area contributed by atoms with Gasteiger partial charge in [-0.3, -0.25) is 9.59 Å². The number of methoxy groups -OCH3 is 1. The van der Waals surface area contributed by atoms with Gasteiger partial charge in [-0.1, -0.05) is 12.1 Å². The fourth-order valence-corrected chi connectivity index (χ4v) is 2.20. The molecule has 2 aromatic carbocycles. The van der Waals surface area contributed by atoms with Gasteiger partial charge in [-0.05, 0) is 49.7 Å². The molecule has 0 aliphatic rings. The molecule has 0 fully saturated rings. The molecule has 0 bridgehead atoms. The van der Waals surface area contributed by atoms with E-state index in [1.165, 1.54) is 6.07 Å². The number of aromatic hydroxyl groups is 1. The third-order valence-electron chi connectivity index (χ3n) is 3.62. The molecule has 2 aromatic rings. The number of phenols is 1. The van der Waals surface area contributed by atoms with Gasteiger partial charge in [0, 0.05) is 11.4 Å². The number of phenolic OH excluding ortho intramolecular Hbond substituents is 1. The lowest BCUT2D eigenvalue weighted by Gasteiger charge is -2.07. The summed E-state index contributed by atoms with van der Waals surface area (Å²) in [5, 5.41) is 16.5. The molecule has 26 heavy (non-hydrogen) atoms. The lowest BCUT2D eigenvalue weighted by atomic mass is 10.1. The van der Waals surface area contributed by atoms with Crippen molar-refractivity contribution in [1.29, 1.82) is 0 Å². The summed E-state index contributed by atoms with van der Waals surface area (Å²) in [5.74, 6) is -0.192. The van der Waals surface area contributed by atoms with E-state index >= 15 is 0 Å². The molecule has 2 amide bonds. The summed E-state index contributed by atoms with van der Waals surface area (Å²) in [6, 6.07) is 11.8. The van der Waals surface area contributed by atoms with Crippen LogP contribution in [0.15, 0.2) is 47.6 Å². The Morgan fingerprint density at radius 3 is 2.50 bits per heavy atom. The third-order valence-corrected chi connectivity index (χ3v) is 3.62. The van der Waals surface area contributed by atoms with E-state index < -0.39 is 5.91 Å². The summed E-state index contributed by atoms with van der Waals surface area (Å²) in [6.07, 6.45) is 0.0199. The van der Waals surface area contributed by atoms with Crippen LogP contribution in [-0.2, 0) is 4.79 Å². The Kier molecular flexibility index (Phi) is 6.32. The molecule has 0 aromatic heterocycles. The Labute approximate surface area is 151 Å². The number of amides is 2. The highest BCUT2D eigenvalue weighted by molar-refractivity contribution is 6.06. The predicted octanol–water partition coefficient (Wildman–Crippen LogP) is 2.84. The molecule has 7 heteroatoms. The van der Waals surface area contributed by atoms with Crippen molar-refractivity contribution >= 4 is 23.2 Å². The first-order valence-corrected chi connectivity index (χ1v) is 7.96. The number of nitrogens with zero attached hydrogens (tertiary/aromatic N) is 1. The van der Waals surface area contributed by atoms with Crippen LogP contribution < -0.4 is 15.5 Å². The van der Waals surface area contributed by atoms with Crippen molar-refractivity contribution in [2.24, 2.45) is 5.10 Å². The first-order valence-electron chi connectivity index (χ1n) is 7.96. The zero-order valence-corrected chi connectivity index (χ0v) is 14.9. The minimum absolute atomic E-state index is 0.0199. The Hall–Kier alpha value is -3.35. The number of benzene rings is 2. The lowest BCUT2D eigenvalue weighted by molar-refractivity contribution is -0.115. The molecule has 7 nitrogen and oxygen atoms in total. The quantitative estimate of drug-likeness (QED) is 0.548. The van der Waals surface area contributed by atoms with Gasteiger partial charge >= 0.3 is 0 Å². The Morgan fingerprint density at radius 2 is 1.85 bits per heavy atom. The summed E-state index contributed by atoms with van der Waals surface area (Å²) < 4.78 is 5.06. The van der Waals surface area contributed by atoms with Crippen LogP contribution >= 0.6 is 0 Å². The van der Waals surface area contributed by atoms with Gasteiger partial charge in [0.25, 0.3) is 5.91 Å². The average molecular weight is 355 g/mol. The van der Waals surface area contributed by atoms with Crippen LogP contribution in [0, 0.1) is 6.92 Å². The van der Waals surface area contributed by atoms with Crippen LogP contribution in [0.3, 0.4) is 0 Å². The molecule has 0 radical (unpaired) electrons.